The lowest BCUT2D eigenvalue weighted by molar-refractivity contribution is -0.145. The second-order valence-electron chi connectivity index (χ2n) is 5.27. The number of pyridine rings is 1. The van der Waals surface area contributed by atoms with E-state index in [1.807, 2.05) is 17.5 Å². The van der Waals surface area contributed by atoms with Gasteiger partial charge in [-0.3, -0.25) is 9.59 Å². The van der Waals surface area contributed by atoms with Gasteiger partial charge in [0, 0.05) is 24.6 Å². The number of carboxylic acids is 1. The molecule has 6 heteroatoms. The molecule has 1 aliphatic carbocycles. The number of aromatic nitrogens is 2. The van der Waals surface area contributed by atoms with E-state index in [4.69, 9.17) is 5.11 Å². The number of fused-ring (bicyclic) bond motifs is 1. The van der Waals surface area contributed by atoms with Crippen LogP contribution >= 0.6 is 0 Å². The van der Waals surface area contributed by atoms with Gasteiger partial charge in [-0.1, -0.05) is 0 Å². The van der Waals surface area contributed by atoms with Gasteiger partial charge in [0.15, 0.2) is 0 Å². The third-order valence-corrected chi connectivity index (χ3v) is 3.69. The minimum absolute atomic E-state index is 0.0564. The van der Waals surface area contributed by atoms with Crippen LogP contribution in [0.3, 0.4) is 0 Å². The van der Waals surface area contributed by atoms with E-state index >= 15 is 0 Å². The van der Waals surface area contributed by atoms with Crippen LogP contribution < -0.4 is 5.32 Å². The van der Waals surface area contributed by atoms with Crippen LogP contribution in [0.25, 0.3) is 5.65 Å². The zero-order chi connectivity index (χ0) is 14.3. The molecule has 2 aromatic heterocycles. The number of aliphatic carboxylic acids is 1. The predicted octanol–water partition coefficient (Wildman–Crippen LogP) is 1.24. The normalized spacial score (nSPS) is 21.4. The van der Waals surface area contributed by atoms with E-state index in [9.17, 15) is 9.59 Å². The lowest BCUT2D eigenvalue weighted by Crippen LogP contribution is -2.46. The summed E-state index contributed by atoms with van der Waals surface area (Å²) in [6.07, 6.45) is 6.34. The van der Waals surface area contributed by atoms with Crippen LogP contribution in [-0.4, -0.2) is 32.4 Å². The maximum atomic E-state index is 12.3. The van der Waals surface area contributed by atoms with E-state index in [-0.39, 0.29) is 17.9 Å². The Balaban J connectivity index is 1.76. The maximum absolute atomic E-state index is 12.3. The first-order chi connectivity index (χ1) is 9.54. The molecular formula is C14H15N3O3. The molecule has 2 aromatic rings. The number of imidazole rings is 1. The second-order valence-corrected chi connectivity index (χ2v) is 5.27. The molecule has 2 heterocycles. The van der Waals surface area contributed by atoms with Gasteiger partial charge in [-0.2, -0.15) is 0 Å². The topological polar surface area (TPSA) is 83.7 Å². The summed E-state index contributed by atoms with van der Waals surface area (Å²) in [6, 6.07) is 1.74. The maximum Gasteiger partial charge on any atom is 0.306 e. The summed E-state index contributed by atoms with van der Waals surface area (Å²) >= 11 is 0. The van der Waals surface area contributed by atoms with Crippen molar-refractivity contribution in [2.75, 3.05) is 0 Å². The molecule has 3 rings (SSSR count). The van der Waals surface area contributed by atoms with Crippen molar-refractivity contribution >= 4 is 17.5 Å². The Bertz CT molecular complexity index is 686. The van der Waals surface area contributed by atoms with Crippen LogP contribution in [0.4, 0.5) is 0 Å². The van der Waals surface area contributed by atoms with E-state index in [2.05, 4.69) is 10.3 Å². The highest BCUT2D eigenvalue weighted by atomic mass is 16.4. The first-order valence-corrected chi connectivity index (χ1v) is 6.51. The van der Waals surface area contributed by atoms with Crippen molar-refractivity contribution in [1.29, 1.82) is 0 Å². The fourth-order valence-electron chi connectivity index (χ4n) is 2.54. The van der Waals surface area contributed by atoms with Gasteiger partial charge in [-0.15, -0.1) is 0 Å². The molecule has 6 nitrogen and oxygen atoms in total. The van der Waals surface area contributed by atoms with Gasteiger partial charge in [-0.25, -0.2) is 4.98 Å². The number of amides is 1. The van der Waals surface area contributed by atoms with Crippen LogP contribution in [-0.2, 0) is 4.79 Å². The number of hydrogen-bond donors (Lipinski definition) is 2. The highest BCUT2D eigenvalue weighted by Gasteiger charge is 2.35. The van der Waals surface area contributed by atoms with Crippen molar-refractivity contribution in [1.82, 2.24) is 14.7 Å². The van der Waals surface area contributed by atoms with Crippen molar-refractivity contribution in [2.24, 2.45) is 5.92 Å². The molecule has 0 radical (unpaired) electrons. The van der Waals surface area contributed by atoms with Gasteiger partial charge in [-0.05, 0) is 31.4 Å². The Kier molecular flexibility index (Phi) is 2.93. The quantitative estimate of drug-likeness (QED) is 0.881. The summed E-state index contributed by atoms with van der Waals surface area (Å²) < 4.78 is 1.81. The average molecular weight is 273 g/mol. The fraction of sp³-hybridized carbons (Fsp3) is 0.357. The molecule has 1 amide bonds. The fourth-order valence-corrected chi connectivity index (χ4v) is 2.54. The monoisotopic (exact) mass is 273 g/mol. The molecule has 0 bridgehead atoms. The van der Waals surface area contributed by atoms with Crippen LogP contribution in [0.1, 0.15) is 28.8 Å². The Morgan fingerprint density at radius 2 is 2.20 bits per heavy atom. The summed E-state index contributed by atoms with van der Waals surface area (Å²) in [5.74, 6) is -1.32. The lowest BCUT2D eigenvalue weighted by atomic mass is 9.80. The van der Waals surface area contributed by atoms with Crippen molar-refractivity contribution in [3.05, 3.63) is 35.8 Å². The number of nitrogens with zero attached hydrogens (tertiary/aromatic N) is 2. The number of rotatable bonds is 3. The highest BCUT2D eigenvalue weighted by molar-refractivity contribution is 6.00. The van der Waals surface area contributed by atoms with Gasteiger partial charge in [0.05, 0.1) is 11.5 Å². The summed E-state index contributed by atoms with van der Waals surface area (Å²) in [7, 11) is 0. The Morgan fingerprint density at radius 3 is 2.90 bits per heavy atom. The molecule has 0 aliphatic heterocycles. The first kappa shape index (κ1) is 12.7. The molecule has 20 heavy (non-hydrogen) atoms. The van der Waals surface area contributed by atoms with Crippen molar-refractivity contribution in [3.63, 3.8) is 0 Å². The van der Waals surface area contributed by atoms with E-state index in [0.717, 1.165) is 5.56 Å². The molecule has 2 N–H and O–H groups in total. The van der Waals surface area contributed by atoms with Crippen molar-refractivity contribution < 1.29 is 14.7 Å². The van der Waals surface area contributed by atoms with Crippen LogP contribution in [0.5, 0.6) is 0 Å². The molecular weight excluding hydrogens is 258 g/mol. The smallest absolute Gasteiger partial charge is 0.306 e. The number of carbonyl (C=O) groups excluding carboxylic acids is 1. The minimum atomic E-state index is -0.790. The molecule has 0 spiro atoms. The number of nitrogens with one attached hydrogen (secondary N) is 1. The molecule has 0 aromatic carbocycles. The summed E-state index contributed by atoms with van der Waals surface area (Å²) in [5.41, 5.74) is 2.11. The Labute approximate surface area is 115 Å². The number of aryl methyl sites for hydroxylation is 1. The average Bonchev–Trinajstić information content (AvgIpc) is 2.79. The summed E-state index contributed by atoms with van der Waals surface area (Å²) in [6.45, 7) is 1.92. The molecule has 0 atom stereocenters. The zero-order valence-corrected chi connectivity index (χ0v) is 11.0. The SMILES string of the molecule is Cc1cc(C(=O)NC2CC(C(=O)O)C2)c2nccn2c1. The summed E-state index contributed by atoms with van der Waals surface area (Å²) in [4.78, 5) is 27.2. The Morgan fingerprint density at radius 1 is 1.45 bits per heavy atom. The Hall–Kier alpha value is -2.37. The predicted molar refractivity (Wildman–Crippen MR) is 71.5 cm³/mol. The molecule has 0 saturated heterocycles. The minimum Gasteiger partial charge on any atom is -0.481 e. The van der Waals surface area contributed by atoms with E-state index < -0.39 is 5.97 Å². The third kappa shape index (κ3) is 2.13. The largest absolute Gasteiger partial charge is 0.481 e. The van der Waals surface area contributed by atoms with Crippen molar-refractivity contribution in [2.45, 2.75) is 25.8 Å². The molecule has 1 saturated carbocycles. The molecule has 1 aliphatic rings. The van der Waals surface area contributed by atoms with Gasteiger partial charge in [0.1, 0.15) is 5.65 Å². The molecule has 104 valence electrons. The van der Waals surface area contributed by atoms with E-state index in [1.165, 1.54) is 0 Å². The molecule has 0 unspecified atom stereocenters. The number of hydrogen-bond acceptors (Lipinski definition) is 3. The first-order valence-electron chi connectivity index (χ1n) is 6.51. The van der Waals surface area contributed by atoms with E-state index in [0.29, 0.717) is 24.1 Å². The van der Waals surface area contributed by atoms with Crippen LogP contribution in [0.2, 0.25) is 0 Å². The van der Waals surface area contributed by atoms with Gasteiger partial charge < -0.3 is 14.8 Å². The standard InChI is InChI=1S/C14H15N3O3/c1-8-4-11(12-15-2-3-17(12)7-8)13(18)16-10-5-9(6-10)14(19)20/h2-4,7,9-10H,5-6H2,1H3,(H,16,18)(H,19,20). The van der Waals surface area contributed by atoms with E-state index in [1.54, 1.807) is 18.5 Å². The second kappa shape index (κ2) is 4.63. The van der Waals surface area contributed by atoms with Gasteiger partial charge >= 0.3 is 5.97 Å². The summed E-state index contributed by atoms with van der Waals surface area (Å²) in [5, 5.41) is 11.7. The number of carbonyl (C=O) groups is 2. The number of carboxylic acid groups (broad SMARTS) is 1. The third-order valence-electron chi connectivity index (χ3n) is 3.69. The van der Waals surface area contributed by atoms with Gasteiger partial charge in [0.2, 0.25) is 0 Å². The zero-order valence-electron chi connectivity index (χ0n) is 11.0. The van der Waals surface area contributed by atoms with Crippen molar-refractivity contribution in [3.8, 4) is 0 Å². The lowest BCUT2D eigenvalue weighted by Gasteiger charge is -2.32. The van der Waals surface area contributed by atoms with Crippen LogP contribution in [0, 0.1) is 12.8 Å². The highest BCUT2D eigenvalue weighted by Crippen LogP contribution is 2.27. The van der Waals surface area contributed by atoms with Crippen LogP contribution in [0.15, 0.2) is 24.7 Å². The van der Waals surface area contributed by atoms with Gasteiger partial charge in [0.25, 0.3) is 5.91 Å². The molecule has 1 fully saturated rings.